The highest BCUT2D eigenvalue weighted by molar-refractivity contribution is 5.97. The molecule has 1 saturated heterocycles. The lowest BCUT2D eigenvalue weighted by atomic mass is 10.1. The summed E-state index contributed by atoms with van der Waals surface area (Å²) >= 11 is 0. The van der Waals surface area contributed by atoms with Gasteiger partial charge in [-0.25, -0.2) is 0 Å². The predicted molar refractivity (Wildman–Crippen MR) is 108 cm³/mol. The van der Waals surface area contributed by atoms with Crippen molar-refractivity contribution >= 4 is 11.8 Å². The molecular weight excluding hydrogens is 370 g/mol. The number of amides is 2. The Bertz CT molecular complexity index is 907. The Morgan fingerprint density at radius 1 is 1.00 bits per heavy atom. The van der Waals surface area contributed by atoms with Gasteiger partial charge in [0.2, 0.25) is 12.7 Å². The molecule has 0 aliphatic carbocycles. The summed E-state index contributed by atoms with van der Waals surface area (Å²) in [4.78, 5) is 28.9. The van der Waals surface area contributed by atoms with E-state index in [0.717, 1.165) is 36.7 Å². The Balaban J connectivity index is 1.23. The third-order valence-corrected chi connectivity index (χ3v) is 5.36. The zero-order valence-corrected chi connectivity index (χ0v) is 16.5. The summed E-state index contributed by atoms with van der Waals surface area (Å²) in [7, 11) is 0. The number of hydrogen-bond donors (Lipinski definition) is 1. The van der Waals surface area contributed by atoms with Crippen molar-refractivity contribution in [3.63, 3.8) is 0 Å². The first kappa shape index (κ1) is 19.3. The lowest BCUT2D eigenvalue weighted by molar-refractivity contribution is -0.131. The van der Waals surface area contributed by atoms with E-state index in [-0.39, 0.29) is 25.2 Å². The van der Waals surface area contributed by atoms with Crippen molar-refractivity contribution in [2.45, 2.75) is 13.5 Å². The van der Waals surface area contributed by atoms with Crippen LogP contribution in [0.2, 0.25) is 0 Å². The van der Waals surface area contributed by atoms with Gasteiger partial charge in [0, 0.05) is 38.3 Å². The maximum absolute atomic E-state index is 12.5. The van der Waals surface area contributed by atoms with E-state index in [0.29, 0.717) is 18.7 Å². The summed E-state index contributed by atoms with van der Waals surface area (Å²) in [5.74, 6) is 1.32. The first-order chi connectivity index (χ1) is 14.1. The van der Waals surface area contributed by atoms with Gasteiger partial charge in [-0.1, -0.05) is 24.3 Å². The molecule has 2 aliphatic rings. The molecule has 0 unspecified atom stereocenters. The zero-order chi connectivity index (χ0) is 20.2. The van der Waals surface area contributed by atoms with Crippen molar-refractivity contribution in [1.82, 2.24) is 15.1 Å². The molecule has 0 atom stereocenters. The fourth-order valence-electron chi connectivity index (χ4n) is 3.64. The number of aryl methyl sites for hydroxylation is 1. The molecule has 0 saturated carbocycles. The Labute approximate surface area is 170 Å². The third-order valence-electron chi connectivity index (χ3n) is 5.36. The minimum atomic E-state index is -0.210. The summed E-state index contributed by atoms with van der Waals surface area (Å²) < 4.78 is 10.8. The summed E-state index contributed by atoms with van der Waals surface area (Å²) in [6, 6.07) is 13.4. The number of ether oxygens (including phenoxy) is 2. The van der Waals surface area contributed by atoms with Gasteiger partial charge < -0.3 is 19.7 Å². The van der Waals surface area contributed by atoms with E-state index >= 15 is 0 Å². The molecule has 29 heavy (non-hydrogen) atoms. The van der Waals surface area contributed by atoms with Gasteiger partial charge in [-0.15, -0.1) is 0 Å². The van der Waals surface area contributed by atoms with E-state index < -0.39 is 0 Å². The first-order valence-electron chi connectivity index (χ1n) is 9.82. The van der Waals surface area contributed by atoms with Crippen molar-refractivity contribution in [3.05, 3.63) is 59.2 Å². The van der Waals surface area contributed by atoms with E-state index in [1.807, 2.05) is 48.2 Å². The van der Waals surface area contributed by atoms with Crippen LogP contribution >= 0.6 is 0 Å². The minimum absolute atomic E-state index is 0.0231. The van der Waals surface area contributed by atoms with Crippen molar-refractivity contribution in [2.75, 3.05) is 39.5 Å². The van der Waals surface area contributed by atoms with E-state index in [2.05, 4.69) is 10.2 Å². The predicted octanol–water partition coefficient (Wildman–Crippen LogP) is 1.80. The minimum Gasteiger partial charge on any atom is -0.454 e. The third kappa shape index (κ3) is 4.51. The number of rotatable bonds is 5. The molecule has 4 rings (SSSR count). The molecule has 1 fully saturated rings. The Morgan fingerprint density at radius 3 is 2.55 bits per heavy atom. The molecule has 0 bridgehead atoms. The Hall–Kier alpha value is -3.06. The standard InChI is InChI=1S/C22H25N3O4/c1-16-4-2-3-5-18(16)22(27)23-13-21(26)25-10-8-24(9-11-25)14-17-6-7-19-20(12-17)29-15-28-19/h2-7,12H,8-11,13-15H2,1H3,(H,23,27). The van der Waals surface area contributed by atoms with Crippen LogP contribution in [0.3, 0.4) is 0 Å². The number of carbonyl (C=O) groups is 2. The summed E-state index contributed by atoms with van der Waals surface area (Å²) in [6.45, 7) is 5.90. The fraction of sp³-hybridized carbons (Fsp3) is 0.364. The van der Waals surface area contributed by atoms with Crippen LogP contribution in [0.5, 0.6) is 11.5 Å². The average Bonchev–Trinajstić information content (AvgIpc) is 3.20. The average molecular weight is 395 g/mol. The SMILES string of the molecule is Cc1ccccc1C(=O)NCC(=O)N1CCN(Cc2ccc3c(c2)OCO3)CC1. The number of fused-ring (bicyclic) bond motifs is 1. The number of piperazine rings is 1. The quantitative estimate of drug-likeness (QED) is 0.836. The van der Waals surface area contributed by atoms with Gasteiger partial charge in [-0.2, -0.15) is 0 Å². The van der Waals surface area contributed by atoms with E-state index in [1.54, 1.807) is 6.07 Å². The van der Waals surface area contributed by atoms with Crippen LogP contribution in [-0.4, -0.2) is 61.1 Å². The van der Waals surface area contributed by atoms with Crippen LogP contribution in [0, 0.1) is 6.92 Å². The van der Waals surface area contributed by atoms with Gasteiger partial charge >= 0.3 is 0 Å². The fourth-order valence-corrected chi connectivity index (χ4v) is 3.64. The number of nitrogens with one attached hydrogen (secondary N) is 1. The van der Waals surface area contributed by atoms with Crippen LogP contribution in [0.25, 0.3) is 0 Å². The lowest BCUT2D eigenvalue weighted by Gasteiger charge is -2.34. The molecule has 0 aromatic heterocycles. The van der Waals surface area contributed by atoms with Crippen LogP contribution < -0.4 is 14.8 Å². The normalized spacial score (nSPS) is 16.0. The van der Waals surface area contributed by atoms with Crippen LogP contribution in [0.1, 0.15) is 21.5 Å². The topological polar surface area (TPSA) is 71.1 Å². The highest BCUT2D eigenvalue weighted by atomic mass is 16.7. The van der Waals surface area contributed by atoms with E-state index in [9.17, 15) is 9.59 Å². The van der Waals surface area contributed by atoms with Gasteiger partial charge in [-0.05, 0) is 36.2 Å². The van der Waals surface area contributed by atoms with Crippen LogP contribution in [0.15, 0.2) is 42.5 Å². The molecule has 2 amide bonds. The molecule has 2 aliphatic heterocycles. The molecule has 7 heteroatoms. The Morgan fingerprint density at radius 2 is 1.76 bits per heavy atom. The first-order valence-corrected chi connectivity index (χ1v) is 9.82. The number of carbonyl (C=O) groups excluding carboxylic acids is 2. The molecule has 2 aromatic rings. The molecule has 152 valence electrons. The Kier molecular flexibility index (Phi) is 5.67. The zero-order valence-electron chi connectivity index (χ0n) is 16.5. The monoisotopic (exact) mass is 395 g/mol. The highest BCUT2D eigenvalue weighted by Crippen LogP contribution is 2.32. The number of hydrogen-bond acceptors (Lipinski definition) is 5. The second kappa shape index (κ2) is 8.53. The summed E-state index contributed by atoms with van der Waals surface area (Å²) in [5, 5.41) is 2.74. The molecule has 2 heterocycles. The smallest absolute Gasteiger partial charge is 0.251 e. The van der Waals surface area contributed by atoms with E-state index in [1.165, 1.54) is 5.56 Å². The number of benzene rings is 2. The largest absolute Gasteiger partial charge is 0.454 e. The van der Waals surface area contributed by atoms with Gasteiger partial charge in [-0.3, -0.25) is 14.5 Å². The molecular formula is C22H25N3O4. The molecule has 2 aromatic carbocycles. The maximum Gasteiger partial charge on any atom is 0.251 e. The van der Waals surface area contributed by atoms with Gasteiger partial charge in [0.1, 0.15) is 0 Å². The second-order valence-electron chi connectivity index (χ2n) is 7.34. The van der Waals surface area contributed by atoms with Gasteiger partial charge in [0.05, 0.1) is 6.54 Å². The molecule has 1 N–H and O–H groups in total. The lowest BCUT2D eigenvalue weighted by Crippen LogP contribution is -2.50. The van der Waals surface area contributed by atoms with Crippen molar-refractivity contribution in [1.29, 1.82) is 0 Å². The maximum atomic E-state index is 12.5. The van der Waals surface area contributed by atoms with Crippen molar-refractivity contribution < 1.29 is 19.1 Å². The summed E-state index contributed by atoms with van der Waals surface area (Å²) in [6.07, 6.45) is 0. The molecule has 7 nitrogen and oxygen atoms in total. The van der Waals surface area contributed by atoms with Crippen LogP contribution in [0.4, 0.5) is 0 Å². The van der Waals surface area contributed by atoms with E-state index in [4.69, 9.17) is 9.47 Å². The second-order valence-corrected chi connectivity index (χ2v) is 7.34. The molecule has 0 spiro atoms. The number of nitrogens with zero attached hydrogens (tertiary/aromatic N) is 2. The molecule has 0 radical (unpaired) electrons. The van der Waals surface area contributed by atoms with Gasteiger partial charge in [0.25, 0.3) is 5.91 Å². The van der Waals surface area contributed by atoms with Crippen molar-refractivity contribution in [3.8, 4) is 11.5 Å². The van der Waals surface area contributed by atoms with Crippen LogP contribution in [-0.2, 0) is 11.3 Å². The highest BCUT2D eigenvalue weighted by Gasteiger charge is 2.22. The van der Waals surface area contributed by atoms with Crippen molar-refractivity contribution in [2.24, 2.45) is 0 Å². The summed E-state index contributed by atoms with van der Waals surface area (Å²) in [5.41, 5.74) is 2.67. The van der Waals surface area contributed by atoms with Gasteiger partial charge in [0.15, 0.2) is 11.5 Å².